The van der Waals surface area contributed by atoms with E-state index in [0.717, 1.165) is 25.4 Å². The Hall–Kier alpha value is -2.02. The molecule has 26 heavy (non-hydrogen) atoms. The van der Waals surface area contributed by atoms with Gasteiger partial charge in [0.15, 0.2) is 5.96 Å². The van der Waals surface area contributed by atoms with Crippen molar-refractivity contribution in [2.45, 2.75) is 32.7 Å². The fraction of sp³-hybridized carbons (Fsp3) is 0.684. The fourth-order valence-corrected chi connectivity index (χ4v) is 2.90. The van der Waals surface area contributed by atoms with Crippen molar-refractivity contribution in [2.24, 2.45) is 10.9 Å². The predicted molar refractivity (Wildman–Crippen MR) is 104 cm³/mol. The predicted octanol–water partition coefficient (Wildman–Crippen LogP) is 1.70. The molecule has 0 saturated carbocycles. The highest BCUT2D eigenvalue weighted by atomic mass is 16.3. The lowest BCUT2D eigenvalue weighted by Crippen LogP contribution is -2.44. The van der Waals surface area contributed by atoms with Gasteiger partial charge in [0.25, 0.3) is 0 Å². The quantitative estimate of drug-likeness (QED) is 0.543. The maximum atomic E-state index is 11.9. The monoisotopic (exact) mass is 363 g/mol. The fourth-order valence-electron chi connectivity index (χ4n) is 2.90. The van der Waals surface area contributed by atoms with Crippen molar-refractivity contribution in [3.8, 4) is 0 Å². The van der Waals surface area contributed by atoms with Crippen LogP contribution in [0.4, 0.5) is 0 Å². The van der Waals surface area contributed by atoms with Crippen LogP contribution in [0.25, 0.3) is 0 Å². The van der Waals surface area contributed by atoms with Crippen molar-refractivity contribution in [3.05, 3.63) is 24.2 Å². The summed E-state index contributed by atoms with van der Waals surface area (Å²) in [4.78, 5) is 20.3. The van der Waals surface area contributed by atoms with Crippen molar-refractivity contribution in [2.75, 3.05) is 46.8 Å². The van der Waals surface area contributed by atoms with Crippen molar-refractivity contribution in [1.82, 2.24) is 20.4 Å². The van der Waals surface area contributed by atoms with Gasteiger partial charge in [-0.3, -0.25) is 9.69 Å². The summed E-state index contributed by atoms with van der Waals surface area (Å²) in [5.41, 5.74) is 0. The van der Waals surface area contributed by atoms with Crippen LogP contribution >= 0.6 is 0 Å². The van der Waals surface area contributed by atoms with E-state index in [0.29, 0.717) is 18.4 Å². The van der Waals surface area contributed by atoms with Gasteiger partial charge in [-0.15, -0.1) is 0 Å². The van der Waals surface area contributed by atoms with Gasteiger partial charge in [0, 0.05) is 27.2 Å². The van der Waals surface area contributed by atoms with Crippen LogP contribution in [0.2, 0.25) is 0 Å². The van der Waals surface area contributed by atoms with Gasteiger partial charge in [0.1, 0.15) is 12.3 Å². The van der Waals surface area contributed by atoms with Gasteiger partial charge >= 0.3 is 0 Å². The van der Waals surface area contributed by atoms with Crippen LogP contribution in [0.3, 0.4) is 0 Å². The van der Waals surface area contributed by atoms with E-state index in [1.54, 1.807) is 25.3 Å². The van der Waals surface area contributed by atoms with E-state index < -0.39 is 0 Å². The number of guanidine groups is 1. The third-order valence-corrected chi connectivity index (χ3v) is 4.46. The second-order valence-electron chi connectivity index (χ2n) is 7.38. The molecule has 2 heterocycles. The highest BCUT2D eigenvalue weighted by Gasteiger charge is 2.25. The largest absolute Gasteiger partial charge is 0.468 e. The number of rotatable bonds is 8. The van der Waals surface area contributed by atoms with Gasteiger partial charge in [-0.05, 0) is 44.0 Å². The molecule has 1 aliphatic heterocycles. The smallest absolute Gasteiger partial charge is 0.243 e. The first kappa shape index (κ1) is 20.3. The SMILES string of the molecule is CC(C)CNC(=NCC(=O)N(C)C)NCC(c1ccco1)N1CCCC1. The molecule has 1 amide bonds. The Morgan fingerprint density at radius 3 is 2.54 bits per heavy atom. The molecule has 1 aromatic rings. The average molecular weight is 364 g/mol. The Balaban J connectivity index is 2.01. The summed E-state index contributed by atoms with van der Waals surface area (Å²) in [5, 5.41) is 6.72. The molecule has 0 bridgehead atoms. The number of nitrogens with zero attached hydrogens (tertiary/aromatic N) is 3. The molecule has 0 aromatic carbocycles. The van der Waals surface area contributed by atoms with E-state index in [-0.39, 0.29) is 18.5 Å². The molecule has 1 aliphatic rings. The minimum absolute atomic E-state index is 0.0159. The number of likely N-dealkylation sites (tertiary alicyclic amines) is 1. The standard InChI is InChI=1S/C19H33N5O2/c1-15(2)12-20-19(22-14-18(25)23(3)4)21-13-16(17-8-7-11-26-17)24-9-5-6-10-24/h7-8,11,15-16H,5-6,9-10,12-14H2,1-4H3,(H2,20,21,22). The molecule has 0 spiro atoms. The lowest BCUT2D eigenvalue weighted by Gasteiger charge is -2.27. The summed E-state index contributed by atoms with van der Waals surface area (Å²) in [5.74, 6) is 2.11. The minimum Gasteiger partial charge on any atom is -0.468 e. The van der Waals surface area contributed by atoms with Crippen LogP contribution in [-0.4, -0.2) is 68.5 Å². The first-order valence-corrected chi connectivity index (χ1v) is 9.47. The van der Waals surface area contributed by atoms with E-state index in [4.69, 9.17) is 4.42 Å². The zero-order valence-electron chi connectivity index (χ0n) is 16.5. The molecule has 1 fully saturated rings. The van der Waals surface area contributed by atoms with Crippen LogP contribution in [-0.2, 0) is 4.79 Å². The summed E-state index contributed by atoms with van der Waals surface area (Å²) in [6.07, 6.45) is 4.17. The molecule has 1 unspecified atom stereocenters. The molecule has 2 N–H and O–H groups in total. The van der Waals surface area contributed by atoms with Crippen molar-refractivity contribution >= 4 is 11.9 Å². The zero-order chi connectivity index (χ0) is 18.9. The van der Waals surface area contributed by atoms with E-state index in [1.807, 2.05) is 12.1 Å². The maximum absolute atomic E-state index is 11.9. The van der Waals surface area contributed by atoms with E-state index in [1.165, 1.54) is 12.8 Å². The van der Waals surface area contributed by atoms with Gasteiger partial charge in [-0.2, -0.15) is 0 Å². The Kier molecular flexibility index (Phi) is 7.97. The van der Waals surface area contributed by atoms with E-state index >= 15 is 0 Å². The number of aliphatic imine (C=N–C) groups is 1. The first-order chi connectivity index (χ1) is 12.5. The second kappa shape index (κ2) is 10.2. The lowest BCUT2D eigenvalue weighted by atomic mass is 10.2. The first-order valence-electron chi connectivity index (χ1n) is 9.47. The molecule has 2 rings (SSSR count). The highest BCUT2D eigenvalue weighted by Crippen LogP contribution is 2.24. The van der Waals surface area contributed by atoms with Gasteiger partial charge < -0.3 is 20.0 Å². The third kappa shape index (κ3) is 6.37. The van der Waals surface area contributed by atoms with Crippen LogP contribution in [0, 0.1) is 5.92 Å². The molecule has 146 valence electrons. The number of carbonyl (C=O) groups excluding carboxylic acids is 1. The van der Waals surface area contributed by atoms with Crippen LogP contribution in [0.15, 0.2) is 27.8 Å². The number of nitrogens with one attached hydrogen (secondary N) is 2. The van der Waals surface area contributed by atoms with Gasteiger partial charge in [-0.1, -0.05) is 13.8 Å². The molecular formula is C19H33N5O2. The summed E-state index contributed by atoms with van der Waals surface area (Å²) in [7, 11) is 3.49. The molecule has 1 aromatic heterocycles. The molecular weight excluding hydrogens is 330 g/mol. The molecule has 1 atom stereocenters. The highest BCUT2D eigenvalue weighted by molar-refractivity contribution is 5.84. The molecule has 0 radical (unpaired) electrons. The van der Waals surface area contributed by atoms with Crippen molar-refractivity contribution in [3.63, 3.8) is 0 Å². The Morgan fingerprint density at radius 2 is 1.96 bits per heavy atom. The van der Waals surface area contributed by atoms with E-state index in [2.05, 4.69) is 34.4 Å². The minimum atomic E-state index is -0.0159. The van der Waals surface area contributed by atoms with Gasteiger partial charge in [0.2, 0.25) is 5.91 Å². The molecule has 7 heteroatoms. The summed E-state index contributed by atoms with van der Waals surface area (Å²) in [6, 6.07) is 4.13. The van der Waals surface area contributed by atoms with Gasteiger partial charge in [-0.25, -0.2) is 4.99 Å². The number of amides is 1. The Labute approximate surface area is 156 Å². The summed E-state index contributed by atoms with van der Waals surface area (Å²) >= 11 is 0. The molecule has 1 saturated heterocycles. The number of likely N-dealkylation sites (N-methyl/N-ethyl adjacent to an activating group) is 1. The average Bonchev–Trinajstić information content (AvgIpc) is 3.30. The molecule has 7 nitrogen and oxygen atoms in total. The zero-order valence-corrected chi connectivity index (χ0v) is 16.5. The summed E-state index contributed by atoms with van der Waals surface area (Å²) < 4.78 is 5.67. The van der Waals surface area contributed by atoms with Crippen LogP contribution in [0.1, 0.15) is 38.5 Å². The molecule has 0 aliphatic carbocycles. The third-order valence-electron chi connectivity index (χ3n) is 4.46. The normalized spacial score (nSPS) is 16.7. The van der Waals surface area contributed by atoms with Gasteiger partial charge in [0.05, 0.1) is 12.3 Å². The van der Waals surface area contributed by atoms with Crippen LogP contribution in [0.5, 0.6) is 0 Å². The number of hydrogen-bond acceptors (Lipinski definition) is 4. The Bertz CT molecular complexity index is 562. The number of hydrogen-bond donors (Lipinski definition) is 2. The number of furan rings is 1. The van der Waals surface area contributed by atoms with E-state index in [9.17, 15) is 4.79 Å². The lowest BCUT2D eigenvalue weighted by molar-refractivity contribution is -0.127. The maximum Gasteiger partial charge on any atom is 0.243 e. The topological polar surface area (TPSA) is 73.1 Å². The van der Waals surface area contributed by atoms with Crippen LogP contribution < -0.4 is 10.6 Å². The second-order valence-corrected chi connectivity index (χ2v) is 7.38. The van der Waals surface area contributed by atoms with Crippen molar-refractivity contribution < 1.29 is 9.21 Å². The summed E-state index contributed by atoms with van der Waals surface area (Å²) in [6.45, 7) is 8.08. The number of carbonyl (C=O) groups is 1. The Morgan fingerprint density at radius 1 is 1.27 bits per heavy atom. The van der Waals surface area contributed by atoms with Crippen molar-refractivity contribution in [1.29, 1.82) is 0 Å².